The summed E-state index contributed by atoms with van der Waals surface area (Å²) in [4.78, 5) is 11.3. The highest BCUT2D eigenvalue weighted by Gasteiger charge is 2.07. The SMILES string of the molecule is C=C(CC)C(=O)Oc1cccc(C)c1. The zero-order valence-corrected chi connectivity index (χ0v) is 8.54. The van der Waals surface area contributed by atoms with Crippen molar-refractivity contribution in [3.05, 3.63) is 42.0 Å². The Labute approximate surface area is 84.2 Å². The fraction of sp³-hybridized carbons (Fsp3) is 0.250. The van der Waals surface area contributed by atoms with E-state index in [1.165, 1.54) is 0 Å². The van der Waals surface area contributed by atoms with E-state index in [4.69, 9.17) is 4.74 Å². The number of carbonyl (C=O) groups excluding carboxylic acids is 1. The Hall–Kier alpha value is -1.57. The van der Waals surface area contributed by atoms with Gasteiger partial charge in [0.25, 0.3) is 0 Å². The van der Waals surface area contributed by atoms with Gasteiger partial charge in [-0.15, -0.1) is 0 Å². The molecule has 0 amide bonds. The van der Waals surface area contributed by atoms with Crippen LogP contribution >= 0.6 is 0 Å². The van der Waals surface area contributed by atoms with Crippen molar-refractivity contribution in [1.29, 1.82) is 0 Å². The molecule has 2 nitrogen and oxygen atoms in total. The van der Waals surface area contributed by atoms with Crippen LogP contribution in [-0.4, -0.2) is 5.97 Å². The van der Waals surface area contributed by atoms with E-state index < -0.39 is 0 Å². The maximum Gasteiger partial charge on any atom is 0.338 e. The van der Waals surface area contributed by atoms with Crippen molar-refractivity contribution >= 4 is 5.97 Å². The van der Waals surface area contributed by atoms with E-state index in [-0.39, 0.29) is 5.97 Å². The molecule has 1 aromatic rings. The van der Waals surface area contributed by atoms with Gasteiger partial charge in [0.15, 0.2) is 0 Å². The van der Waals surface area contributed by atoms with Crippen LogP contribution in [0.4, 0.5) is 0 Å². The molecule has 0 fully saturated rings. The Balaban J connectivity index is 2.70. The molecule has 0 aliphatic rings. The lowest BCUT2D eigenvalue weighted by Crippen LogP contribution is -2.09. The van der Waals surface area contributed by atoms with E-state index in [1.54, 1.807) is 6.07 Å². The lowest BCUT2D eigenvalue weighted by atomic mass is 10.2. The third-order valence-electron chi connectivity index (χ3n) is 1.92. The smallest absolute Gasteiger partial charge is 0.338 e. The van der Waals surface area contributed by atoms with Crippen LogP contribution < -0.4 is 4.74 Å². The molecule has 0 aliphatic carbocycles. The standard InChI is InChI=1S/C12H14O2/c1-4-10(3)12(13)14-11-7-5-6-9(2)8-11/h5-8H,3-4H2,1-2H3. The zero-order chi connectivity index (χ0) is 10.6. The van der Waals surface area contributed by atoms with Crippen LogP contribution in [0.5, 0.6) is 5.75 Å². The normalized spacial score (nSPS) is 9.57. The minimum absolute atomic E-state index is 0.349. The summed E-state index contributed by atoms with van der Waals surface area (Å²) in [6, 6.07) is 7.38. The molecule has 0 atom stereocenters. The summed E-state index contributed by atoms with van der Waals surface area (Å²) in [5.41, 5.74) is 1.56. The molecule has 74 valence electrons. The molecule has 0 radical (unpaired) electrons. The Kier molecular flexibility index (Phi) is 3.46. The van der Waals surface area contributed by atoms with Gasteiger partial charge in [0.05, 0.1) is 0 Å². The third kappa shape index (κ3) is 2.73. The number of aryl methyl sites for hydroxylation is 1. The highest BCUT2D eigenvalue weighted by Crippen LogP contribution is 2.14. The van der Waals surface area contributed by atoms with E-state index in [0.29, 0.717) is 17.7 Å². The van der Waals surface area contributed by atoms with Crippen LogP contribution in [0.25, 0.3) is 0 Å². The predicted octanol–water partition coefficient (Wildman–Crippen LogP) is 2.87. The quantitative estimate of drug-likeness (QED) is 0.416. The predicted molar refractivity (Wildman–Crippen MR) is 56.2 cm³/mol. The first kappa shape index (κ1) is 10.5. The zero-order valence-electron chi connectivity index (χ0n) is 8.54. The van der Waals surface area contributed by atoms with Gasteiger partial charge in [0, 0.05) is 5.57 Å². The van der Waals surface area contributed by atoms with Crippen molar-refractivity contribution in [2.24, 2.45) is 0 Å². The number of ether oxygens (including phenoxy) is 1. The molecule has 0 saturated carbocycles. The van der Waals surface area contributed by atoms with Crippen molar-refractivity contribution in [1.82, 2.24) is 0 Å². The lowest BCUT2D eigenvalue weighted by molar-refractivity contribution is -0.130. The van der Waals surface area contributed by atoms with E-state index in [9.17, 15) is 4.79 Å². The van der Waals surface area contributed by atoms with Crippen LogP contribution in [0.15, 0.2) is 36.4 Å². The fourth-order valence-electron chi connectivity index (χ4n) is 1.00. The average molecular weight is 190 g/mol. The fourth-order valence-corrected chi connectivity index (χ4v) is 1.00. The van der Waals surface area contributed by atoms with Crippen LogP contribution in [0.2, 0.25) is 0 Å². The van der Waals surface area contributed by atoms with Crippen molar-refractivity contribution in [2.45, 2.75) is 20.3 Å². The van der Waals surface area contributed by atoms with E-state index in [2.05, 4.69) is 6.58 Å². The Bertz CT molecular complexity index is 353. The summed E-state index contributed by atoms with van der Waals surface area (Å²) in [7, 11) is 0. The lowest BCUT2D eigenvalue weighted by Gasteiger charge is -2.05. The summed E-state index contributed by atoms with van der Waals surface area (Å²) in [6.07, 6.45) is 0.616. The Morgan fingerprint density at radius 2 is 2.21 bits per heavy atom. The molecule has 0 heterocycles. The average Bonchev–Trinajstić information content (AvgIpc) is 2.16. The first-order valence-electron chi connectivity index (χ1n) is 4.60. The maximum absolute atomic E-state index is 11.3. The summed E-state index contributed by atoms with van der Waals surface area (Å²) in [5, 5.41) is 0. The van der Waals surface area contributed by atoms with Crippen LogP contribution in [0.3, 0.4) is 0 Å². The number of hydrogen-bond donors (Lipinski definition) is 0. The van der Waals surface area contributed by atoms with Gasteiger partial charge in [-0.05, 0) is 31.0 Å². The van der Waals surface area contributed by atoms with Crippen LogP contribution in [-0.2, 0) is 4.79 Å². The molecule has 2 heteroatoms. The molecule has 0 bridgehead atoms. The molecule has 0 spiro atoms. The number of esters is 1. The van der Waals surface area contributed by atoms with Crippen LogP contribution in [0, 0.1) is 6.92 Å². The molecular weight excluding hydrogens is 176 g/mol. The second-order valence-electron chi connectivity index (χ2n) is 3.16. The molecule has 1 rings (SSSR count). The topological polar surface area (TPSA) is 26.3 Å². The largest absolute Gasteiger partial charge is 0.423 e. The highest BCUT2D eigenvalue weighted by molar-refractivity contribution is 5.89. The monoisotopic (exact) mass is 190 g/mol. The van der Waals surface area contributed by atoms with Crippen LogP contribution in [0.1, 0.15) is 18.9 Å². The van der Waals surface area contributed by atoms with E-state index >= 15 is 0 Å². The van der Waals surface area contributed by atoms with Crippen molar-refractivity contribution in [3.8, 4) is 5.75 Å². The summed E-state index contributed by atoms with van der Waals surface area (Å²) < 4.78 is 5.11. The first-order valence-corrected chi connectivity index (χ1v) is 4.60. The highest BCUT2D eigenvalue weighted by atomic mass is 16.5. The van der Waals surface area contributed by atoms with E-state index in [0.717, 1.165) is 5.56 Å². The van der Waals surface area contributed by atoms with Crippen molar-refractivity contribution < 1.29 is 9.53 Å². The van der Waals surface area contributed by atoms with Gasteiger partial charge in [0.2, 0.25) is 0 Å². The van der Waals surface area contributed by atoms with Gasteiger partial charge in [-0.1, -0.05) is 25.6 Å². The van der Waals surface area contributed by atoms with Gasteiger partial charge < -0.3 is 4.74 Å². The number of rotatable bonds is 3. The van der Waals surface area contributed by atoms with Crippen molar-refractivity contribution in [3.63, 3.8) is 0 Å². The van der Waals surface area contributed by atoms with Gasteiger partial charge in [-0.2, -0.15) is 0 Å². The molecule has 0 saturated heterocycles. The molecule has 1 aromatic carbocycles. The molecule has 0 N–H and O–H groups in total. The minimum atomic E-state index is -0.349. The minimum Gasteiger partial charge on any atom is -0.423 e. The number of hydrogen-bond acceptors (Lipinski definition) is 2. The Morgan fingerprint density at radius 3 is 2.79 bits per heavy atom. The summed E-state index contributed by atoms with van der Waals surface area (Å²) in [5.74, 6) is 0.225. The Morgan fingerprint density at radius 1 is 1.50 bits per heavy atom. The van der Waals surface area contributed by atoms with Gasteiger partial charge >= 0.3 is 5.97 Å². The second kappa shape index (κ2) is 4.61. The van der Waals surface area contributed by atoms with E-state index in [1.807, 2.05) is 32.0 Å². The maximum atomic E-state index is 11.3. The third-order valence-corrected chi connectivity index (χ3v) is 1.92. The molecule has 0 aromatic heterocycles. The molecular formula is C12H14O2. The number of carbonyl (C=O) groups is 1. The first-order chi connectivity index (χ1) is 6.63. The summed E-state index contributed by atoms with van der Waals surface area (Å²) in [6.45, 7) is 7.44. The molecule has 14 heavy (non-hydrogen) atoms. The molecule has 0 aliphatic heterocycles. The second-order valence-corrected chi connectivity index (χ2v) is 3.16. The van der Waals surface area contributed by atoms with Gasteiger partial charge in [-0.3, -0.25) is 0 Å². The van der Waals surface area contributed by atoms with Crippen molar-refractivity contribution in [2.75, 3.05) is 0 Å². The van der Waals surface area contributed by atoms with Gasteiger partial charge in [0.1, 0.15) is 5.75 Å². The number of benzene rings is 1. The van der Waals surface area contributed by atoms with Gasteiger partial charge in [-0.25, -0.2) is 4.79 Å². The molecule has 0 unspecified atom stereocenters. The summed E-state index contributed by atoms with van der Waals surface area (Å²) >= 11 is 0.